The van der Waals surface area contributed by atoms with Crippen LogP contribution >= 0.6 is 11.3 Å². The molecule has 1 atom stereocenters. The van der Waals surface area contributed by atoms with Gasteiger partial charge in [0.2, 0.25) is 11.0 Å². The quantitative estimate of drug-likeness (QED) is 0.755. The minimum atomic E-state index is -0.284. The van der Waals surface area contributed by atoms with Gasteiger partial charge >= 0.3 is 0 Å². The molecule has 0 aliphatic carbocycles. The number of hydrogen-bond acceptors (Lipinski definition) is 6. The molecule has 0 radical (unpaired) electrons. The van der Waals surface area contributed by atoms with Crippen molar-refractivity contribution in [3.05, 3.63) is 40.4 Å². The number of nitrogen functional groups attached to an aromatic ring is 1. The molecular weight excluding hydrogens is 310 g/mol. The van der Waals surface area contributed by atoms with Crippen molar-refractivity contribution < 1.29 is 4.79 Å². The molecule has 0 saturated heterocycles. The first kappa shape index (κ1) is 17.4. The van der Waals surface area contributed by atoms with E-state index in [9.17, 15) is 4.79 Å². The molecular formula is C16H23N5OS. The predicted octanol–water partition coefficient (Wildman–Crippen LogP) is 1.78. The van der Waals surface area contributed by atoms with Gasteiger partial charge in [-0.3, -0.25) is 9.69 Å². The average Bonchev–Trinajstić information content (AvgIpc) is 2.91. The van der Waals surface area contributed by atoms with Gasteiger partial charge in [-0.25, -0.2) is 0 Å². The summed E-state index contributed by atoms with van der Waals surface area (Å²) in [6.45, 7) is 2.63. The molecule has 0 fully saturated rings. The van der Waals surface area contributed by atoms with E-state index in [-0.39, 0.29) is 11.9 Å². The van der Waals surface area contributed by atoms with Crippen molar-refractivity contribution in [2.45, 2.75) is 25.8 Å². The monoisotopic (exact) mass is 333 g/mol. The predicted molar refractivity (Wildman–Crippen MR) is 93.3 cm³/mol. The summed E-state index contributed by atoms with van der Waals surface area (Å²) in [6, 6.07) is 7.69. The number of carbonyl (C=O) groups excluding carboxylic acids is 1. The summed E-state index contributed by atoms with van der Waals surface area (Å²) in [5.74, 6) is 0.0149. The van der Waals surface area contributed by atoms with Crippen LogP contribution in [-0.4, -0.2) is 41.6 Å². The zero-order valence-electron chi connectivity index (χ0n) is 13.7. The lowest BCUT2D eigenvalue weighted by molar-refractivity contribution is -0.125. The zero-order chi connectivity index (χ0) is 16.8. The Morgan fingerprint density at radius 2 is 2.09 bits per heavy atom. The van der Waals surface area contributed by atoms with Crippen LogP contribution in [0.25, 0.3) is 0 Å². The number of hydrogen-bond donors (Lipinski definition) is 2. The van der Waals surface area contributed by atoms with Crippen LogP contribution < -0.4 is 11.1 Å². The van der Waals surface area contributed by atoms with E-state index in [0.717, 1.165) is 29.0 Å². The molecule has 6 nitrogen and oxygen atoms in total. The summed E-state index contributed by atoms with van der Waals surface area (Å²) in [4.78, 5) is 14.5. The summed E-state index contributed by atoms with van der Waals surface area (Å²) in [6.07, 6.45) is 1.58. The number of nitrogens with zero attached hydrogens (tertiary/aromatic N) is 3. The first-order chi connectivity index (χ1) is 11.0. The van der Waals surface area contributed by atoms with Crippen molar-refractivity contribution in [1.82, 2.24) is 20.4 Å². The lowest BCUT2D eigenvalue weighted by Gasteiger charge is -2.25. The largest absolute Gasteiger partial charge is 0.374 e. The molecule has 1 aromatic heterocycles. The fraction of sp³-hybridized carbons (Fsp3) is 0.438. The smallest absolute Gasteiger partial charge is 0.241 e. The maximum Gasteiger partial charge on any atom is 0.241 e. The number of aromatic nitrogens is 2. The first-order valence-corrected chi connectivity index (χ1v) is 8.38. The van der Waals surface area contributed by atoms with E-state index in [4.69, 9.17) is 5.73 Å². The fourth-order valence-electron chi connectivity index (χ4n) is 2.46. The van der Waals surface area contributed by atoms with Gasteiger partial charge in [-0.2, -0.15) is 0 Å². The summed E-state index contributed by atoms with van der Waals surface area (Å²) in [5, 5.41) is 12.2. The minimum Gasteiger partial charge on any atom is -0.374 e. The number of carbonyl (C=O) groups is 1. The highest BCUT2D eigenvalue weighted by Gasteiger charge is 2.23. The van der Waals surface area contributed by atoms with Gasteiger partial charge in [-0.1, -0.05) is 35.6 Å². The molecule has 3 N–H and O–H groups in total. The molecule has 7 heteroatoms. The van der Waals surface area contributed by atoms with Crippen LogP contribution in [0.15, 0.2) is 24.3 Å². The lowest BCUT2D eigenvalue weighted by Crippen LogP contribution is -2.37. The average molecular weight is 333 g/mol. The highest BCUT2D eigenvalue weighted by Crippen LogP contribution is 2.22. The minimum absolute atomic E-state index is 0.0149. The Labute approximate surface area is 140 Å². The van der Waals surface area contributed by atoms with Gasteiger partial charge in [0.1, 0.15) is 11.0 Å². The number of rotatable bonds is 7. The van der Waals surface area contributed by atoms with Gasteiger partial charge in [-0.05, 0) is 38.6 Å². The zero-order valence-corrected chi connectivity index (χ0v) is 14.6. The lowest BCUT2D eigenvalue weighted by atomic mass is 10.00. The molecule has 23 heavy (non-hydrogen) atoms. The van der Waals surface area contributed by atoms with E-state index < -0.39 is 0 Å². The first-order valence-electron chi connectivity index (χ1n) is 7.56. The van der Waals surface area contributed by atoms with Crippen molar-refractivity contribution in [2.24, 2.45) is 0 Å². The number of nitrogens with two attached hydrogens (primary N) is 1. The second-order valence-electron chi connectivity index (χ2n) is 5.65. The Morgan fingerprint density at radius 3 is 2.70 bits per heavy atom. The van der Waals surface area contributed by atoms with Crippen LogP contribution in [0, 0.1) is 6.92 Å². The van der Waals surface area contributed by atoms with Gasteiger partial charge in [0, 0.05) is 13.0 Å². The molecule has 1 aromatic carbocycles. The molecule has 124 valence electrons. The highest BCUT2D eigenvalue weighted by atomic mass is 32.1. The topological polar surface area (TPSA) is 84.1 Å². The summed E-state index contributed by atoms with van der Waals surface area (Å²) in [5.41, 5.74) is 7.70. The van der Waals surface area contributed by atoms with Gasteiger partial charge in [-0.15, -0.1) is 10.2 Å². The number of amides is 1. The molecule has 0 aliphatic rings. The molecule has 0 bridgehead atoms. The fourth-order valence-corrected chi connectivity index (χ4v) is 3.11. The molecule has 1 unspecified atom stereocenters. The normalized spacial score (nSPS) is 12.3. The molecule has 2 rings (SSSR count). The summed E-state index contributed by atoms with van der Waals surface area (Å²) >= 11 is 1.39. The number of aryl methyl sites for hydroxylation is 2. The SMILES string of the molecule is Cc1ccccc1C(C(=O)NCCCc1nnc(N)s1)N(C)C. The maximum absolute atomic E-state index is 12.6. The van der Waals surface area contributed by atoms with E-state index in [1.165, 1.54) is 11.3 Å². The third-order valence-electron chi connectivity index (χ3n) is 3.60. The van der Waals surface area contributed by atoms with Crippen molar-refractivity contribution in [1.29, 1.82) is 0 Å². The number of anilines is 1. The van der Waals surface area contributed by atoms with Crippen molar-refractivity contribution in [3.8, 4) is 0 Å². The van der Waals surface area contributed by atoms with Gasteiger partial charge < -0.3 is 11.1 Å². The van der Waals surface area contributed by atoms with Crippen molar-refractivity contribution in [2.75, 3.05) is 26.4 Å². The molecule has 0 spiro atoms. The van der Waals surface area contributed by atoms with Crippen LogP contribution in [0.2, 0.25) is 0 Å². The van der Waals surface area contributed by atoms with Crippen LogP contribution in [0.3, 0.4) is 0 Å². The van der Waals surface area contributed by atoms with Crippen LogP contribution in [0.4, 0.5) is 5.13 Å². The van der Waals surface area contributed by atoms with E-state index in [1.54, 1.807) is 0 Å². The standard InChI is InChI=1S/C16H23N5OS/c1-11-7-4-5-8-12(11)14(21(2)3)15(22)18-10-6-9-13-19-20-16(17)23-13/h4-5,7-8,14H,6,9-10H2,1-3H3,(H2,17,20)(H,18,22). The van der Waals surface area contributed by atoms with Gasteiger partial charge in [0.25, 0.3) is 0 Å². The van der Waals surface area contributed by atoms with E-state index in [0.29, 0.717) is 11.7 Å². The van der Waals surface area contributed by atoms with Crippen molar-refractivity contribution in [3.63, 3.8) is 0 Å². The van der Waals surface area contributed by atoms with Crippen molar-refractivity contribution >= 4 is 22.4 Å². The number of nitrogens with one attached hydrogen (secondary N) is 1. The Morgan fingerprint density at radius 1 is 1.35 bits per heavy atom. The molecule has 1 heterocycles. The van der Waals surface area contributed by atoms with Crippen LogP contribution in [0.5, 0.6) is 0 Å². The molecule has 0 saturated carbocycles. The third kappa shape index (κ3) is 4.74. The Bertz CT molecular complexity index is 655. The van der Waals surface area contributed by atoms with E-state index >= 15 is 0 Å². The molecule has 0 aliphatic heterocycles. The number of likely N-dealkylation sites (N-methyl/N-ethyl adjacent to an activating group) is 1. The van der Waals surface area contributed by atoms with E-state index in [2.05, 4.69) is 15.5 Å². The second-order valence-corrected chi connectivity index (χ2v) is 6.75. The van der Waals surface area contributed by atoms with E-state index in [1.807, 2.05) is 50.2 Å². The summed E-state index contributed by atoms with van der Waals surface area (Å²) < 4.78 is 0. The third-order valence-corrected chi connectivity index (χ3v) is 4.41. The summed E-state index contributed by atoms with van der Waals surface area (Å²) in [7, 11) is 3.83. The highest BCUT2D eigenvalue weighted by molar-refractivity contribution is 7.15. The molecule has 1 amide bonds. The van der Waals surface area contributed by atoms with Gasteiger partial charge in [0.15, 0.2) is 0 Å². The second kappa shape index (κ2) is 8.03. The Hall–Kier alpha value is -1.99. The molecule has 2 aromatic rings. The Balaban J connectivity index is 1.90. The van der Waals surface area contributed by atoms with Crippen LogP contribution in [0.1, 0.15) is 28.6 Å². The van der Waals surface area contributed by atoms with Crippen LogP contribution in [-0.2, 0) is 11.2 Å². The maximum atomic E-state index is 12.6. The van der Waals surface area contributed by atoms with Gasteiger partial charge in [0.05, 0.1) is 0 Å². The number of benzene rings is 1. The Kier molecular flexibility index (Phi) is 6.06.